The number of aliphatic hydroxyl groups is 1. The summed E-state index contributed by atoms with van der Waals surface area (Å²) >= 11 is 0. The molecule has 3 nitrogen and oxygen atoms in total. The smallest absolute Gasteiger partial charge is 0.146 e. The average Bonchev–Trinajstić information content (AvgIpc) is 2.25. The van der Waals surface area contributed by atoms with Crippen LogP contribution in [0.2, 0.25) is 0 Å². The molecule has 2 atom stereocenters. The van der Waals surface area contributed by atoms with Gasteiger partial charge in [-0.3, -0.25) is 0 Å². The molecular weight excluding hydrogens is 245 g/mol. The minimum atomic E-state index is -0.688. The maximum Gasteiger partial charge on any atom is 0.146 e. The van der Waals surface area contributed by atoms with Crippen molar-refractivity contribution in [1.82, 2.24) is 0 Å². The van der Waals surface area contributed by atoms with Crippen LogP contribution >= 0.6 is 0 Å². The second kappa shape index (κ2) is 5.10. The number of para-hydroxylation sites is 1. The van der Waals surface area contributed by atoms with E-state index in [-0.39, 0.29) is 17.5 Å². The third kappa shape index (κ3) is 3.07. The van der Waals surface area contributed by atoms with Gasteiger partial charge in [0.25, 0.3) is 0 Å². The summed E-state index contributed by atoms with van der Waals surface area (Å²) in [5.41, 5.74) is 0.807. The largest absolute Gasteiger partial charge is 0.389 e. The molecule has 1 heterocycles. The third-order valence-corrected chi connectivity index (χ3v) is 3.35. The zero-order valence-corrected chi connectivity index (χ0v) is 12.0. The van der Waals surface area contributed by atoms with Gasteiger partial charge in [-0.05, 0) is 33.8 Å². The highest BCUT2D eigenvalue weighted by Crippen LogP contribution is 2.33. The Morgan fingerprint density at radius 1 is 1.47 bits per heavy atom. The molecule has 1 aromatic carbocycles. The van der Waals surface area contributed by atoms with Crippen LogP contribution in [0.5, 0.6) is 0 Å². The van der Waals surface area contributed by atoms with Crippen LogP contribution in [0.15, 0.2) is 18.2 Å². The van der Waals surface area contributed by atoms with E-state index in [0.29, 0.717) is 24.3 Å². The predicted octanol–water partition coefficient (Wildman–Crippen LogP) is 2.88. The molecule has 0 amide bonds. The Kier molecular flexibility index (Phi) is 3.83. The van der Waals surface area contributed by atoms with Gasteiger partial charge < -0.3 is 14.7 Å². The predicted molar refractivity (Wildman–Crippen MR) is 73.9 cm³/mol. The van der Waals surface area contributed by atoms with E-state index in [2.05, 4.69) is 0 Å². The Morgan fingerprint density at radius 3 is 2.74 bits per heavy atom. The van der Waals surface area contributed by atoms with E-state index in [9.17, 15) is 9.50 Å². The molecule has 1 aromatic rings. The van der Waals surface area contributed by atoms with Gasteiger partial charge >= 0.3 is 0 Å². The number of halogens is 1. The van der Waals surface area contributed by atoms with Crippen LogP contribution in [0.3, 0.4) is 0 Å². The van der Waals surface area contributed by atoms with Gasteiger partial charge in [0.1, 0.15) is 5.82 Å². The molecule has 1 fully saturated rings. The highest BCUT2D eigenvalue weighted by atomic mass is 19.1. The second-order valence-electron chi connectivity index (χ2n) is 5.92. The van der Waals surface area contributed by atoms with Crippen molar-refractivity contribution in [3.63, 3.8) is 0 Å². The van der Waals surface area contributed by atoms with E-state index in [1.54, 1.807) is 19.1 Å². The molecule has 1 unspecified atom stereocenters. The van der Waals surface area contributed by atoms with Crippen molar-refractivity contribution in [2.45, 2.75) is 45.5 Å². The van der Waals surface area contributed by atoms with Gasteiger partial charge in [-0.25, -0.2) is 4.39 Å². The Hall–Kier alpha value is -1.13. The van der Waals surface area contributed by atoms with Crippen molar-refractivity contribution < 1.29 is 14.2 Å². The molecule has 106 valence electrons. The first-order chi connectivity index (χ1) is 8.80. The van der Waals surface area contributed by atoms with Crippen LogP contribution in [-0.4, -0.2) is 29.9 Å². The molecule has 0 radical (unpaired) electrons. The monoisotopic (exact) mass is 267 g/mol. The van der Waals surface area contributed by atoms with Crippen molar-refractivity contribution in [3.05, 3.63) is 29.6 Å². The SMILES string of the molecule is CC1CN(c2c(F)cccc2[C@@H](C)O)CC(C)(C)O1. The van der Waals surface area contributed by atoms with E-state index in [4.69, 9.17) is 4.74 Å². The molecule has 1 saturated heterocycles. The summed E-state index contributed by atoms with van der Waals surface area (Å²) in [6.45, 7) is 8.88. The van der Waals surface area contributed by atoms with Gasteiger partial charge in [-0.1, -0.05) is 12.1 Å². The summed E-state index contributed by atoms with van der Waals surface area (Å²) in [6, 6.07) is 4.85. The molecule has 0 aromatic heterocycles. The van der Waals surface area contributed by atoms with Gasteiger partial charge in [0.15, 0.2) is 0 Å². The lowest BCUT2D eigenvalue weighted by molar-refractivity contribution is -0.0752. The van der Waals surface area contributed by atoms with Crippen molar-refractivity contribution in [3.8, 4) is 0 Å². The molecule has 0 saturated carbocycles. The molecule has 1 aliphatic heterocycles. The molecule has 1 aliphatic rings. The maximum absolute atomic E-state index is 14.2. The van der Waals surface area contributed by atoms with Gasteiger partial charge in [0.05, 0.1) is 23.5 Å². The number of morpholine rings is 1. The van der Waals surface area contributed by atoms with Crippen molar-refractivity contribution in [2.24, 2.45) is 0 Å². The maximum atomic E-state index is 14.2. The van der Waals surface area contributed by atoms with Gasteiger partial charge in [0.2, 0.25) is 0 Å². The molecule has 1 N–H and O–H groups in total. The molecular formula is C15H22FNO2. The van der Waals surface area contributed by atoms with Gasteiger partial charge in [-0.15, -0.1) is 0 Å². The highest BCUT2D eigenvalue weighted by Gasteiger charge is 2.33. The number of hydrogen-bond donors (Lipinski definition) is 1. The first-order valence-corrected chi connectivity index (χ1v) is 6.69. The summed E-state index contributed by atoms with van der Waals surface area (Å²) in [4.78, 5) is 1.98. The van der Waals surface area contributed by atoms with Crippen LogP contribution in [-0.2, 0) is 4.74 Å². The summed E-state index contributed by atoms with van der Waals surface area (Å²) in [5, 5.41) is 9.83. The topological polar surface area (TPSA) is 32.7 Å². The molecule has 2 rings (SSSR count). The van der Waals surface area contributed by atoms with Crippen molar-refractivity contribution in [2.75, 3.05) is 18.0 Å². The lowest BCUT2D eigenvalue weighted by Gasteiger charge is -2.43. The normalized spacial score (nSPS) is 24.3. The quantitative estimate of drug-likeness (QED) is 0.894. The fourth-order valence-corrected chi connectivity index (χ4v) is 2.83. The molecule has 19 heavy (non-hydrogen) atoms. The van der Waals surface area contributed by atoms with Crippen LogP contribution in [0.1, 0.15) is 39.4 Å². The van der Waals surface area contributed by atoms with Crippen LogP contribution < -0.4 is 4.90 Å². The fraction of sp³-hybridized carbons (Fsp3) is 0.600. The lowest BCUT2D eigenvalue weighted by atomic mass is 10.0. The minimum absolute atomic E-state index is 0.0326. The summed E-state index contributed by atoms with van der Waals surface area (Å²) in [6.07, 6.45) is -0.655. The summed E-state index contributed by atoms with van der Waals surface area (Å²) in [5.74, 6) is -0.289. The van der Waals surface area contributed by atoms with E-state index in [0.717, 1.165) is 0 Å². The van der Waals surface area contributed by atoms with Crippen molar-refractivity contribution in [1.29, 1.82) is 0 Å². The highest BCUT2D eigenvalue weighted by molar-refractivity contribution is 5.56. The molecule has 0 spiro atoms. The Labute approximate surface area is 114 Å². The van der Waals surface area contributed by atoms with Crippen LogP contribution in [0.25, 0.3) is 0 Å². The average molecular weight is 267 g/mol. The molecule has 4 heteroatoms. The second-order valence-corrected chi connectivity index (χ2v) is 5.92. The van der Waals surface area contributed by atoms with Gasteiger partial charge in [-0.2, -0.15) is 0 Å². The summed E-state index contributed by atoms with van der Waals surface area (Å²) < 4.78 is 20.0. The van der Waals surface area contributed by atoms with Crippen molar-refractivity contribution >= 4 is 5.69 Å². The van der Waals surface area contributed by atoms with Crippen LogP contribution in [0.4, 0.5) is 10.1 Å². The zero-order valence-electron chi connectivity index (χ0n) is 12.0. The Morgan fingerprint density at radius 2 is 2.16 bits per heavy atom. The molecule has 0 bridgehead atoms. The van der Waals surface area contributed by atoms with Crippen LogP contribution in [0, 0.1) is 5.82 Å². The molecule has 0 aliphatic carbocycles. The van der Waals surface area contributed by atoms with E-state index >= 15 is 0 Å². The van der Waals surface area contributed by atoms with E-state index in [1.807, 2.05) is 25.7 Å². The number of benzene rings is 1. The number of anilines is 1. The number of aliphatic hydroxyl groups excluding tert-OH is 1. The number of nitrogens with zero attached hydrogens (tertiary/aromatic N) is 1. The van der Waals surface area contributed by atoms with E-state index < -0.39 is 6.10 Å². The third-order valence-electron chi connectivity index (χ3n) is 3.35. The first kappa shape index (κ1) is 14.3. The fourth-order valence-electron chi connectivity index (χ4n) is 2.83. The van der Waals surface area contributed by atoms with E-state index in [1.165, 1.54) is 6.07 Å². The standard InChI is InChI=1S/C15H22FNO2/c1-10-8-17(9-15(3,4)19-10)14-12(11(2)18)6-5-7-13(14)16/h5-7,10-11,18H,8-9H2,1-4H3/t10?,11-/m1/s1. The number of ether oxygens (including phenoxy) is 1. The minimum Gasteiger partial charge on any atom is -0.389 e. The zero-order chi connectivity index (χ0) is 14.2. The lowest BCUT2D eigenvalue weighted by Crippen LogP contribution is -2.52. The Balaban J connectivity index is 2.41. The Bertz CT molecular complexity index is 459. The van der Waals surface area contributed by atoms with Gasteiger partial charge in [0, 0.05) is 18.7 Å². The first-order valence-electron chi connectivity index (χ1n) is 6.69. The number of rotatable bonds is 2. The number of hydrogen-bond acceptors (Lipinski definition) is 3. The summed E-state index contributed by atoms with van der Waals surface area (Å²) in [7, 11) is 0.